The Kier molecular flexibility index (Phi) is 5.58. The molecular weight excluding hydrogens is 392 g/mol. The second-order valence-electron chi connectivity index (χ2n) is 7.24. The number of carbonyl (C=O) groups excluding carboxylic acids is 2. The van der Waals surface area contributed by atoms with Gasteiger partial charge < -0.3 is 10.2 Å². The topological polar surface area (TPSA) is 102 Å². The SMILES string of the molecule is CN1C(=O)N(Cc2ccc(C#N)cc2)Cc2cc(C(=O)NCc3ccncc3)ncc21. The van der Waals surface area contributed by atoms with Crippen LogP contribution in [0.5, 0.6) is 0 Å². The van der Waals surface area contributed by atoms with E-state index in [4.69, 9.17) is 5.26 Å². The van der Waals surface area contributed by atoms with E-state index in [9.17, 15) is 9.59 Å². The van der Waals surface area contributed by atoms with Crippen LogP contribution in [0, 0.1) is 11.3 Å². The van der Waals surface area contributed by atoms with Crippen LogP contribution in [0.15, 0.2) is 61.1 Å². The zero-order valence-corrected chi connectivity index (χ0v) is 16.9. The fourth-order valence-corrected chi connectivity index (χ4v) is 3.43. The Bertz CT molecular complexity index is 1150. The average Bonchev–Trinajstić information content (AvgIpc) is 2.81. The molecule has 0 fully saturated rings. The molecule has 8 nitrogen and oxygen atoms in total. The summed E-state index contributed by atoms with van der Waals surface area (Å²) < 4.78 is 0. The van der Waals surface area contributed by atoms with E-state index in [1.165, 1.54) is 4.90 Å². The summed E-state index contributed by atoms with van der Waals surface area (Å²) in [4.78, 5) is 36.8. The van der Waals surface area contributed by atoms with Crippen LogP contribution in [0.4, 0.5) is 10.5 Å². The van der Waals surface area contributed by atoms with Gasteiger partial charge in [-0.15, -0.1) is 0 Å². The van der Waals surface area contributed by atoms with Crippen molar-refractivity contribution in [3.8, 4) is 6.07 Å². The number of hydrogen-bond donors (Lipinski definition) is 1. The molecule has 1 aliphatic heterocycles. The van der Waals surface area contributed by atoms with Gasteiger partial charge in [-0.3, -0.25) is 14.7 Å². The second-order valence-corrected chi connectivity index (χ2v) is 7.24. The quantitative estimate of drug-likeness (QED) is 0.694. The summed E-state index contributed by atoms with van der Waals surface area (Å²) in [6, 6.07) is 14.5. The molecule has 154 valence electrons. The number of rotatable bonds is 5. The molecule has 0 atom stereocenters. The lowest BCUT2D eigenvalue weighted by atomic mass is 10.1. The van der Waals surface area contributed by atoms with Crippen LogP contribution >= 0.6 is 0 Å². The van der Waals surface area contributed by atoms with Crippen molar-refractivity contribution in [2.45, 2.75) is 19.6 Å². The van der Waals surface area contributed by atoms with Gasteiger partial charge in [-0.1, -0.05) is 12.1 Å². The van der Waals surface area contributed by atoms with E-state index in [0.717, 1.165) is 16.7 Å². The first kappa shape index (κ1) is 20.0. The Morgan fingerprint density at radius 1 is 1.16 bits per heavy atom. The molecule has 2 aromatic heterocycles. The predicted octanol–water partition coefficient (Wildman–Crippen LogP) is 2.85. The third kappa shape index (κ3) is 4.36. The molecule has 0 saturated heterocycles. The molecule has 0 unspecified atom stereocenters. The summed E-state index contributed by atoms with van der Waals surface area (Å²) in [6.45, 7) is 1.15. The van der Waals surface area contributed by atoms with E-state index in [1.54, 1.807) is 48.7 Å². The smallest absolute Gasteiger partial charge is 0.324 e. The maximum absolute atomic E-state index is 12.8. The van der Waals surface area contributed by atoms with Crippen LogP contribution < -0.4 is 10.2 Å². The van der Waals surface area contributed by atoms with Gasteiger partial charge in [0, 0.05) is 39.1 Å². The summed E-state index contributed by atoms with van der Waals surface area (Å²) >= 11 is 0. The largest absolute Gasteiger partial charge is 0.347 e. The number of amides is 3. The third-order valence-electron chi connectivity index (χ3n) is 5.14. The average molecular weight is 412 g/mol. The summed E-state index contributed by atoms with van der Waals surface area (Å²) in [7, 11) is 1.69. The van der Waals surface area contributed by atoms with Crippen molar-refractivity contribution in [3.63, 3.8) is 0 Å². The molecule has 1 aliphatic rings. The van der Waals surface area contributed by atoms with Crippen molar-refractivity contribution in [1.29, 1.82) is 5.26 Å². The maximum Gasteiger partial charge on any atom is 0.324 e. The molecule has 3 heterocycles. The number of benzene rings is 1. The van der Waals surface area contributed by atoms with E-state index < -0.39 is 0 Å². The van der Waals surface area contributed by atoms with Gasteiger partial charge in [0.15, 0.2) is 0 Å². The van der Waals surface area contributed by atoms with Crippen molar-refractivity contribution in [3.05, 3.63) is 89.0 Å². The molecule has 0 spiro atoms. The summed E-state index contributed by atoms with van der Waals surface area (Å²) in [5.41, 5.74) is 4.28. The maximum atomic E-state index is 12.8. The number of urea groups is 1. The molecule has 0 radical (unpaired) electrons. The van der Waals surface area contributed by atoms with Crippen LogP contribution in [0.1, 0.15) is 32.7 Å². The molecule has 0 bridgehead atoms. The Balaban J connectivity index is 1.50. The number of anilines is 1. The number of carbonyl (C=O) groups is 2. The molecule has 1 N–H and O–H groups in total. The van der Waals surface area contributed by atoms with Crippen LogP contribution in [0.3, 0.4) is 0 Å². The van der Waals surface area contributed by atoms with E-state index in [-0.39, 0.29) is 11.9 Å². The molecular formula is C23H20N6O2. The number of hydrogen-bond acceptors (Lipinski definition) is 5. The zero-order valence-electron chi connectivity index (χ0n) is 16.9. The Hall–Kier alpha value is -4.25. The first-order valence-electron chi connectivity index (χ1n) is 9.73. The summed E-state index contributed by atoms with van der Waals surface area (Å²) in [5, 5.41) is 11.8. The number of nitrogens with one attached hydrogen (secondary N) is 1. The predicted molar refractivity (Wildman–Crippen MR) is 114 cm³/mol. The highest BCUT2D eigenvalue weighted by molar-refractivity contribution is 5.96. The monoisotopic (exact) mass is 412 g/mol. The molecule has 0 aliphatic carbocycles. The van der Waals surface area contributed by atoms with Gasteiger partial charge in [0.05, 0.1) is 23.5 Å². The molecule has 3 amide bonds. The minimum absolute atomic E-state index is 0.145. The van der Waals surface area contributed by atoms with Crippen molar-refractivity contribution in [1.82, 2.24) is 20.2 Å². The van der Waals surface area contributed by atoms with Crippen molar-refractivity contribution in [2.24, 2.45) is 0 Å². The van der Waals surface area contributed by atoms with Gasteiger partial charge in [-0.25, -0.2) is 9.78 Å². The molecule has 0 saturated carbocycles. The van der Waals surface area contributed by atoms with Gasteiger partial charge in [0.1, 0.15) is 5.69 Å². The lowest BCUT2D eigenvalue weighted by Gasteiger charge is -2.35. The summed E-state index contributed by atoms with van der Waals surface area (Å²) in [5.74, 6) is -0.280. The van der Waals surface area contributed by atoms with E-state index in [1.807, 2.05) is 24.3 Å². The number of nitrogens with zero attached hydrogens (tertiary/aromatic N) is 5. The lowest BCUT2D eigenvalue weighted by molar-refractivity contribution is 0.0945. The standard InChI is InChI=1S/C23H20N6O2/c1-28-21-13-26-20(22(30)27-12-17-6-8-25-9-7-17)10-19(21)15-29(23(28)31)14-18-4-2-16(11-24)3-5-18/h2-10,13H,12,14-15H2,1H3,(H,27,30). The Morgan fingerprint density at radius 3 is 2.61 bits per heavy atom. The van der Waals surface area contributed by atoms with Gasteiger partial charge in [0.2, 0.25) is 0 Å². The number of pyridine rings is 2. The highest BCUT2D eigenvalue weighted by Crippen LogP contribution is 2.28. The second kappa shape index (κ2) is 8.63. The lowest BCUT2D eigenvalue weighted by Crippen LogP contribution is -2.44. The molecule has 1 aromatic carbocycles. The highest BCUT2D eigenvalue weighted by atomic mass is 16.2. The van der Waals surface area contributed by atoms with E-state index >= 15 is 0 Å². The van der Waals surface area contributed by atoms with Crippen molar-refractivity contribution >= 4 is 17.6 Å². The number of aromatic nitrogens is 2. The van der Waals surface area contributed by atoms with Crippen LogP contribution in [-0.2, 0) is 19.6 Å². The van der Waals surface area contributed by atoms with E-state index in [0.29, 0.717) is 36.6 Å². The fourth-order valence-electron chi connectivity index (χ4n) is 3.43. The highest BCUT2D eigenvalue weighted by Gasteiger charge is 2.29. The Labute approximate surface area is 179 Å². The van der Waals surface area contributed by atoms with Crippen molar-refractivity contribution < 1.29 is 9.59 Å². The van der Waals surface area contributed by atoms with Crippen molar-refractivity contribution in [2.75, 3.05) is 11.9 Å². The number of fused-ring (bicyclic) bond motifs is 1. The van der Waals surface area contributed by atoms with Gasteiger partial charge >= 0.3 is 6.03 Å². The molecule has 4 rings (SSSR count). The molecule has 8 heteroatoms. The zero-order chi connectivity index (χ0) is 21.8. The molecule has 31 heavy (non-hydrogen) atoms. The van der Waals surface area contributed by atoms with Gasteiger partial charge in [-0.05, 0) is 47.0 Å². The first-order valence-corrected chi connectivity index (χ1v) is 9.73. The first-order chi connectivity index (χ1) is 15.0. The fraction of sp³-hybridized carbons (Fsp3) is 0.174. The summed E-state index contributed by atoms with van der Waals surface area (Å²) in [6.07, 6.45) is 4.91. The molecule has 3 aromatic rings. The third-order valence-corrected chi connectivity index (χ3v) is 5.14. The van der Waals surface area contributed by atoms with Crippen LogP contribution in [-0.4, -0.2) is 33.9 Å². The van der Waals surface area contributed by atoms with Gasteiger partial charge in [0.25, 0.3) is 5.91 Å². The van der Waals surface area contributed by atoms with Crippen LogP contribution in [0.25, 0.3) is 0 Å². The minimum Gasteiger partial charge on any atom is -0.347 e. The Morgan fingerprint density at radius 2 is 1.90 bits per heavy atom. The normalized spacial score (nSPS) is 12.8. The van der Waals surface area contributed by atoms with Crippen LogP contribution in [0.2, 0.25) is 0 Å². The number of nitriles is 1. The van der Waals surface area contributed by atoms with E-state index in [2.05, 4.69) is 21.4 Å². The minimum atomic E-state index is -0.280. The van der Waals surface area contributed by atoms with Gasteiger partial charge in [-0.2, -0.15) is 5.26 Å².